The second-order valence-electron chi connectivity index (χ2n) is 15.3. The molecule has 2 aliphatic carbocycles. The summed E-state index contributed by atoms with van der Waals surface area (Å²) in [5, 5.41) is 12.7. The molecule has 4 fully saturated rings. The summed E-state index contributed by atoms with van der Waals surface area (Å²) in [6.45, 7) is 3.90. The first-order valence-electron chi connectivity index (χ1n) is 18.7. The largest absolute Gasteiger partial charge is 0.382 e. The Balaban J connectivity index is 1.12. The molecule has 4 aromatic rings. The highest BCUT2D eigenvalue weighted by atomic mass is 19.1. The Morgan fingerprint density at radius 1 is 0.880 bits per heavy atom. The predicted octanol–water partition coefficient (Wildman–Crippen LogP) is 8.12. The Bertz CT molecular complexity index is 1840. The van der Waals surface area contributed by atoms with Crippen molar-refractivity contribution in [2.24, 2.45) is 11.8 Å². The molecule has 2 aliphatic heterocycles. The van der Waals surface area contributed by atoms with E-state index in [4.69, 9.17) is 5.10 Å². The van der Waals surface area contributed by atoms with Crippen molar-refractivity contribution in [2.75, 3.05) is 30.8 Å². The van der Waals surface area contributed by atoms with Gasteiger partial charge in [0.05, 0.1) is 35.3 Å². The molecule has 8 rings (SSSR count). The first-order chi connectivity index (χ1) is 24.3. The number of carbonyl (C=O) groups is 2. The van der Waals surface area contributed by atoms with E-state index in [9.17, 15) is 9.59 Å². The minimum Gasteiger partial charge on any atom is -0.382 e. The number of hydrogen-bond acceptors (Lipinski definition) is 5. The molecule has 262 valence electrons. The first kappa shape index (κ1) is 32.9. The number of nitrogens with zero attached hydrogens (tertiary/aromatic N) is 4. The molecule has 0 spiro atoms. The molecule has 0 bridgehead atoms. The number of hydrogen-bond donors (Lipinski definition) is 2. The van der Waals surface area contributed by atoms with Crippen molar-refractivity contribution in [2.45, 2.75) is 95.3 Å². The van der Waals surface area contributed by atoms with Gasteiger partial charge in [0.25, 0.3) is 5.91 Å². The molecule has 50 heavy (non-hydrogen) atoms. The summed E-state index contributed by atoms with van der Waals surface area (Å²) >= 11 is 0. The van der Waals surface area contributed by atoms with Crippen molar-refractivity contribution < 1.29 is 14.0 Å². The maximum absolute atomic E-state index is 15.4. The summed E-state index contributed by atoms with van der Waals surface area (Å²) in [6, 6.07) is 19.4. The SMILES string of the molecule is Cc1cccc(F)c1C(=O)N1[C@@H]2CCC[C@@H]2C[C@H](C(=O)Nc2ccc3c(cnn3C3CCN(C)CC3)c2)[C@@H]1c1ccc(NC2CCCC2)cc1. The lowest BCUT2D eigenvalue weighted by Gasteiger charge is -2.48. The van der Waals surface area contributed by atoms with Gasteiger partial charge in [-0.2, -0.15) is 5.10 Å². The molecule has 2 N–H and O–H groups in total. The Kier molecular flexibility index (Phi) is 9.10. The van der Waals surface area contributed by atoms with Gasteiger partial charge < -0.3 is 20.4 Å². The Morgan fingerprint density at radius 2 is 1.64 bits per heavy atom. The third kappa shape index (κ3) is 6.29. The molecular formula is C41H49FN6O2. The monoisotopic (exact) mass is 676 g/mol. The number of amides is 2. The van der Waals surface area contributed by atoms with Crippen LogP contribution in [-0.4, -0.2) is 63.6 Å². The quantitative estimate of drug-likeness (QED) is 0.207. The normalized spacial score (nSPS) is 24.8. The summed E-state index contributed by atoms with van der Waals surface area (Å²) in [5.41, 5.74) is 4.47. The minimum absolute atomic E-state index is 0.0476. The van der Waals surface area contributed by atoms with Crippen LogP contribution in [0.4, 0.5) is 15.8 Å². The molecule has 0 unspecified atom stereocenters. The fourth-order valence-corrected chi connectivity index (χ4v) is 9.44. The van der Waals surface area contributed by atoms with Crippen molar-refractivity contribution >= 4 is 34.1 Å². The maximum Gasteiger partial charge on any atom is 0.257 e. The van der Waals surface area contributed by atoms with E-state index in [1.54, 1.807) is 19.1 Å². The van der Waals surface area contributed by atoms with Gasteiger partial charge in [-0.1, -0.05) is 43.5 Å². The number of aryl methyl sites for hydroxylation is 1. The number of benzene rings is 3. The van der Waals surface area contributed by atoms with Crippen LogP contribution in [0.3, 0.4) is 0 Å². The van der Waals surface area contributed by atoms with E-state index < -0.39 is 17.8 Å². The van der Waals surface area contributed by atoms with E-state index in [1.165, 1.54) is 31.7 Å². The van der Waals surface area contributed by atoms with Crippen LogP contribution in [0.15, 0.2) is 66.9 Å². The van der Waals surface area contributed by atoms with Gasteiger partial charge in [0.2, 0.25) is 5.91 Å². The number of anilines is 2. The van der Waals surface area contributed by atoms with Gasteiger partial charge in [-0.15, -0.1) is 0 Å². The molecule has 9 heteroatoms. The molecule has 3 heterocycles. The third-order valence-electron chi connectivity index (χ3n) is 12.1. The lowest BCUT2D eigenvalue weighted by molar-refractivity contribution is -0.125. The van der Waals surface area contributed by atoms with Crippen LogP contribution >= 0.6 is 0 Å². The van der Waals surface area contributed by atoms with Gasteiger partial charge in [0, 0.05) is 28.8 Å². The van der Waals surface area contributed by atoms with E-state index in [-0.39, 0.29) is 29.3 Å². The molecule has 4 aliphatic rings. The Labute approximate surface area is 294 Å². The molecule has 3 aromatic carbocycles. The fraction of sp³-hybridized carbons (Fsp3) is 0.488. The average Bonchev–Trinajstić information content (AvgIpc) is 3.90. The smallest absolute Gasteiger partial charge is 0.257 e. The van der Waals surface area contributed by atoms with Crippen molar-refractivity contribution in [3.05, 3.63) is 89.4 Å². The zero-order valence-corrected chi connectivity index (χ0v) is 29.3. The molecule has 2 saturated heterocycles. The lowest BCUT2D eigenvalue weighted by Crippen LogP contribution is -2.54. The van der Waals surface area contributed by atoms with Crippen LogP contribution in [0.5, 0.6) is 0 Å². The number of aromatic nitrogens is 2. The predicted molar refractivity (Wildman–Crippen MR) is 196 cm³/mol. The van der Waals surface area contributed by atoms with E-state index in [2.05, 4.69) is 57.6 Å². The van der Waals surface area contributed by atoms with Gasteiger partial charge in [0.15, 0.2) is 0 Å². The Hall–Kier alpha value is -4.24. The highest BCUT2D eigenvalue weighted by Gasteiger charge is 2.50. The zero-order valence-electron chi connectivity index (χ0n) is 29.3. The van der Waals surface area contributed by atoms with Crippen molar-refractivity contribution in [3.8, 4) is 0 Å². The number of carbonyl (C=O) groups excluding carboxylic acids is 2. The van der Waals surface area contributed by atoms with Crippen molar-refractivity contribution in [3.63, 3.8) is 0 Å². The average molecular weight is 677 g/mol. The standard InChI is InChI=1S/C41H49FN6O2/c1-26-7-5-11-35(42)38(26)41(50)47-36-12-6-8-28(36)24-34(39(47)27-13-15-31(16-14-27)44-30-9-3-4-10-30)40(49)45-32-17-18-37-29(23-32)25-43-48(37)33-19-21-46(2)22-20-33/h5,7,11,13-18,23,25,28,30,33-34,36,39,44H,3-4,6,8-10,12,19-22,24H2,1-2H3,(H,45,49)/t28-,34+,36-,39+/m1/s1. The lowest BCUT2D eigenvalue weighted by atomic mass is 9.76. The summed E-state index contributed by atoms with van der Waals surface area (Å²) in [7, 11) is 2.16. The number of nitrogens with one attached hydrogen (secondary N) is 2. The molecule has 2 saturated carbocycles. The number of halogens is 1. The second kappa shape index (κ2) is 13.8. The molecule has 8 nitrogen and oxygen atoms in total. The Morgan fingerprint density at radius 3 is 2.40 bits per heavy atom. The summed E-state index contributed by atoms with van der Waals surface area (Å²) in [4.78, 5) is 33.4. The fourth-order valence-electron chi connectivity index (χ4n) is 9.44. The van der Waals surface area contributed by atoms with Crippen molar-refractivity contribution in [1.82, 2.24) is 19.6 Å². The van der Waals surface area contributed by atoms with E-state index in [1.807, 2.05) is 23.2 Å². The van der Waals surface area contributed by atoms with Crippen LogP contribution in [-0.2, 0) is 4.79 Å². The van der Waals surface area contributed by atoms with E-state index in [0.29, 0.717) is 24.1 Å². The maximum atomic E-state index is 15.4. The summed E-state index contributed by atoms with van der Waals surface area (Å²) < 4.78 is 17.6. The molecule has 2 amide bonds. The van der Waals surface area contributed by atoms with Gasteiger partial charge in [-0.3, -0.25) is 14.3 Å². The van der Waals surface area contributed by atoms with Crippen LogP contribution in [0.25, 0.3) is 10.9 Å². The number of rotatable bonds is 7. The molecule has 4 atom stereocenters. The first-order valence-corrected chi connectivity index (χ1v) is 18.7. The zero-order chi connectivity index (χ0) is 34.4. The highest BCUT2D eigenvalue weighted by molar-refractivity contribution is 5.99. The van der Waals surface area contributed by atoms with Crippen LogP contribution in [0.1, 0.15) is 97.8 Å². The van der Waals surface area contributed by atoms with E-state index in [0.717, 1.165) is 73.0 Å². The molecule has 0 radical (unpaired) electrons. The van der Waals surface area contributed by atoms with Crippen LogP contribution < -0.4 is 10.6 Å². The second-order valence-corrected chi connectivity index (χ2v) is 15.3. The third-order valence-corrected chi connectivity index (χ3v) is 12.1. The highest BCUT2D eigenvalue weighted by Crippen LogP contribution is 2.49. The molecule has 1 aromatic heterocycles. The van der Waals surface area contributed by atoms with Gasteiger partial charge in [-0.25, -0.2) is 4.39 Å². The number of fused-ring (bicyclic) bond motifs is 2. The summed E-state index contributed by atoms with van der Waals surface area (Å²) in [5.74, 6) is -1.28. The summed E-state index contributed by atoms with van der Waals surface area (Å²) in [6.07, 6.45) is 12.3. The van der Waals surface area contributed by atoms with Gasteiger partial charge >= 0.3 is 0 Å². The van der Waals surface area contributed by atoms with Crippen LogP contribution in [0.2, 0.25) is 0 Å². The number of likely N-dealkylation sites (tertiary alicyclic amines) is 2. The van der Waals surface area contributed by atoms with Crippen LogP contribution in [0, 0.1) is 24.6 Å². The van der Waals surface area contributed by atoms with Gasteiger partial charge in [-0.05, 0) is 125 Å². The topological polar surface area (TPSA) is 82.5 Å². The number of piperidine rings is 2. The van der Waals surface area contributed by atoms with Crippen molar-refractivity contribution in [1.29, 1.82) is 0 Å². The van der Waals surface area contributed by atoms with Gasteiger partial charge in [0.1, 0.15) is 5.82 Å². The van der Waals surface area contributed by atoms with E-state index >= 15 is 4.39 Å². The molecular weight excluding hydrogens is 627 g/mol. The minimum atomic E-state index is -0.530.